The number of carbonyl (C=O) groups is 1. The zero-order chi connectivity index (χ0) is 11.7. The SMILES string of the molecule is CCn1c(C)c(C=O)c(Cl)c1-c1ccco1. The summed E-state index contributed by atoms with van der Waals surface area (Å²) in [5.74, 6) is 0.683. The van der Waals surface area contributed by atoms with Crippen molar-refractivity contribution in [1.82, 2.24) is 4.57 Å². The summed E-state index contributed by atoms with van der Waals surface area (Å²) in [5.41, 5.74) is 2.18. The van der Waals surface area contributed by atoms with Gasteiger partial charge in [0.05, 0.1) is 16.8 Å². The van der Waals surface area contributed by atoms with Crippen molar-refractivity contribution in [3.8, 4) is 11.5 Å². The van der Waals surface area contributed by atoms with Crippen LogP contribution in [-0.2, 0) is 6.54 Å². The van der Waals surface area contributed by atoms with Crippen molar-refractivity contribution in [2.45, 2.75) is 20.4 Å². The summed E-state index contributed by atoms with van der Waals surface area (Å²) in [5, 5.41) is 0.462. The van der Waals surface area contributed by atoms with Gasteiger partial charge in [0.2, 0.25) is 0 Å². The average Bonchev–Trinajstić information content (AvgIpc) is 2.85. The lowest BCUT2D eigenvalue weighted by molar-refractivity contribution is 0.112. The van der Waals surface area contributed by atoms with E-state index in [0.717, 1.165) is 24.2 Å². The number of carbonyl (C=O) groups excluding carboxylic acids is 1. The molecule has 4 heteroatoms. The second-order valence-corrected chi connectivity index (χ2v) is 3.88. The number of aromatic nitrogens is 1. The van der Waals surface area contributed by atoms with Gasteiger partial charge in [-0.25, -0.2) is 0 Å². The van der Waals surface area contributed by atoms with Gasteiger partial charge in [-0.05, 0) is 26.0 Å². The van der Waals surface area contributed by atoms with Gasteiger partial charge in [0, 0.05) is 12.2 Å². The standard InChI is InChI=1S/C12H12ClNO2/c1-3-14-8(2)9(7-15)11(13)12(14)10-5-4-6-16-10/h4-7H,3H2,1-2H3. The Morgan fingerprint density at radius 2 is 2.31 bits per heavy atom. The van der Waals surface area contributed by atoms with Gasteiger partial charge >= 0.3 is 0 Å². The van der Waals surface area contributed by atoms with E-state index in [0.29, 0.717) is 16.3 Å². The van der Waals surface area contributed by atoms with E-state index in [-0.39, 0.29) is 0 Å². The van der Waals surface area contributed by atoms with Crippen LogP contribution in [-0.4, -0.2) is 10.9 Å². The molecule has 84 valence electrons. The molecule has 16 heavy (non-hydrogen) atoms. The molecule has 0 unspecified atom stereocenters. The normalized spacial score (nSPS) is 10.7. The first-order valence-electron chi connectivity index (χ1n) is 5.08. The number of halogens is 1. The molecule has 0 bridgehead atoms. The van der Waals surface area contributed by atoms with Gasteiger partial charge in [-0.3, -0.25) is 4.79 Å². The van der Waals surface area contributed by atoms with Gasteiger partial charge in [0.1, 0.15) is 5.69 Å². The van der Waals surface area contributed by atoms with Crippen LogP contribution in [0.4, 0.5) is 0 Å². The summed E-state index contributed by atoms with van der Waals surface area (Å²) < 4.78 is 7.31. The van der Waals surface area contributed by atoms with Crippen LogP contribution in [0.2, 0.25) is 5.02 Å². The molecule has 0 spiro atoms. The molecule has 0 aliphatic rings. The number of furan rings is 1. The molecule has 2 aromatic rings. The number of hydrogen-bond donors (Lipinski definition) is 0. The van der Waals surface area contributed by atoms with Crippen molar-refractivity contribution >= 4 is 17.9 Å². The molecule has 0 aliphatic heterocycles. The lowest BCUT2D eigenvalue weighted by Gasteiger charge is -2.06. The van der Waals surface area contributed by atoms with Crippen LogP contribution in [0.5, 0.6) is 0 Å². The third-order valence-corrected chi connectivity index (χ3v) is 3.08. The largest absolute Gasteiger partial charge is 0.463 e. The molecule has 2 aromatic heterocycles. The molecule has 0 amide bonds. The molecule has 0 atom stereocenters. The van der Waals surface area contributed by atoms with E-state index in [4.69, 9.17) is 16.0 Å². The number of aldehydes is 1. The zero-order valence-corrected chi connectivity index (χ0v) is 9.91. The smallest absolute Gasteiger partial charge is 0.153 e. The van der Waals surface area contributed by atoms with Crippen LogP contribution >= 0.6 is 11.6 Å². The molecule has 0 aromatic carbocycles. The van der Waals surface area contributed by atoms with Gasteiger partial charge in [0.25, 0.3) is 0 Å². The van der Waals surface area contributed by atoms with Crippen molar-refractivity contribution in [2.75, 3.05) is 0 Å². The van der Waals surface area contributed by atoms with Crippen LogP contribution in [0, 0.1) is 6.92 Å². The Morgan fingerprint density at radius 1 is 1.56 bits per heavy atom. The molecule has 2 heterocycles. The molecular weight excluding hydrogens is 226 g/mol. The van der Waals surface area contributed by atoms with Crippen molar-refractivity contribution in [3.63, 3.8) is 0 Å². The van der Waals surface area contributed by atoms with Gasteiger partial charge in [-0.2, -0.15) is 0 Å². The molecule has 0 aliphatic carbocycles. The van der Waals surface area contributed by atoms with Gasteiger partial charge in [0.15, 0.2) is 12.0 Å². The Balaban J connectivity index is 2.73. The van der Waals surface area contributed by atoms with E-state index in [1.165, 1.54) is 0 Å². The maximum absolute atomic E-state index is 11.0. The Kier molecular flexibility index (Phi) is 2.88. The molecule has 2 rings (SSSR count). The second kappa shape index (κ2) is 4.18. The molecular formula is C12H12ClNO2. The maximum atomic E-state index is 11.0. The maximum Gasteiger partial charge on any atom is 0.153 e. The minimum atomic E-state index is 0.462. The van der Waals surface area contributed by atoms with Crippen LogP contribution in [0.3, 0.4) is 0 Å². The Bertz CT molecular complexity index is 512. The summed E-state index contributed by atoms with van der Waals surface area (Å²) in [6.07, 6.45) is 2.38. The number of rotatable bonds is 3. The molecule has 3 nitrogen and oxygen atoms in total. The monoisotopic (exact) mass is 237 g/mol. The van der Waals surface area contributed by atoms with E-state index in [9.17, 15) is 4.79 Å². The fourth-order valence-corrected chi connectivity index (χ4v) is 2.28. The summed E-state index contributed by atoms with van der Waals surface area (Å²) in [4.78, 5) is 11.0. The van der Waals surface area contributed by atoms with Gasteiger partial charge < -0.3 is 8.98 Å². The fraction of sp³-hybridized carbons (Fsp3) is 0.250. The molecule has 0 saturated heterocycles. The van der Waals surface area contributed by atoms with Crippen molar-refractivity contribution in [1.29, 1.82) is 0 Å². The first kappa shape index (κ1) is 11.0. The summed E-state index contributed by atoms with van der Waals surface area (Å²) in [6.45, 7) is 4.63. The molecule has 0 saturated carbocycles. The minimum Gasteiger partial charge on any atom is -0.463 e. The molecule has 0 radical (unpaired) electrons. The highest BCUT2D eigenvalue weighted by Crippen LogP contribution is 2.34. The lowest BCUT2D eigenvalue weighted by Crippen LogP contribution is -1.99. The molecule has 0 N–H and O–H groups in total. The highest BCUT2D eigenvalue weighted by molar-refractivity contribution is 6.35. The predicted molar refractivity (Wildman–Crippen MR) is 62.9 cm³/mol. The first-order valence-corrected chi connectivity index (χ1v) is 5.46. The van der Waals surface area contributed by atoms with Crippen LogP contribution < -0.4 is 0 Å². The minimum absolute atomic E-state index is 0.462. The van der Waals surface area contributed by atoms with Gasteiger partial charge in [-0.15, -0.1) is 0 Å². The first-order chi connectivity index (χ1) is 7.70. The van der Waals surface area contributed by atoms with Crippen molar-refractivity contribution in [3.05, 3.63) is 34.7 Å². The Hall–Kier alpha value is -1.48. The summed E-state index contributed by atoms with van der Waals surface area (Å²) in [6, 6.07) is 3.63. The second-order valence-electron chi connectivity index (χ2n) is 3.50. The van der Waals surface area contributed by atoms with Crippen LogP contribution in [0.25, 0.3) is 11.5 Å². The Morgan fingerprint density at radius 3 is 2.81 bits per heavy atom. The zero-order valence-electron chi connectivity index (χ0n) is 9.16. The van der Waals surface area contributed by atoms with E-state index >= 15 is 0 Å². The van der Waals surface area contributed by atoms with Crippen molar-refractivity contribution < 1.29 is 9.21 Å². The third-order valence-electron chi connectivity index (χ3n) is 2.70. The number of hydrogen-bond acceptors (Lipinski definition) is 2. The average molecular weight is 238 g/mol. The highest BCUT2D eigenvalue weighted by Gasteiger charge is 2.20. The van der Waals surface area contributed by atoms with Gasteiger partial charge in [-0.1, -0.05) is 11.6 Å². The van der Waals surface area contributed by atoms with E-state index in [1.807, 2.05) is 24.5 Å². The van der Waals surface area contributed by atoms with E-state index in [1.54, 1.807) is 12.3 Å². The van der Waals surface area contributed by atoms with Crippen molar-refractivity contribution in [2.24, 2.45) is 0 Å². The summed E-state index contributed by atoms with van der Waals surface area (Å²) >= 11 is 6.19. The van der Waals surface area contributed by atoms with E-state index < -0.39 is 0 Å². The third kappa shape index (κ3) is 1.48. The van der Waals surface area contributed by atoms with E-state index in [2.05, 4.69) is 0 Å². The Labute approximate surface area is 98.6 Å². The summed E-state index contributed by atoms with van der Waals surface area (Å²) in [7, 11) is 0. The number of nitrogens with zero attached hydrogens (tertiary/aromatic N) is 1. The predicted octanol–water partition coefficient (Wildman–Crippen LogP) is 3.54. The van der Waals surface area contributed by atoms with Crippen LogP contribution in [0.15, 0.2) is 22.8 Å². The topological polar surface area (TPSA) is 35.1 Å². The molecule has 0 fully saturated rings. The fourth-order valence-electron chi connectivity index (χ4n) is 1.90. The van der Waals surface area contributed by atoms with Crippen LogP contribution in [0.1, 0.15) is 23.0 Å². The lowest BCUT2D eigenvalue weighted by atomic mass is 10.2. The quantitative estimate of drug-likeness (QED) is 0.766. The highest BCUT2D eigenvalue weighted by atomic mass is 35.5.